The molecule has 0 radical (unpaired) electrons. The minimum absolute atomic E-state index is 0.376. The van der Waals surface area contributed by atoms with Gasteiger partial charge in [-0.25, -0.2) is 0 Å². The van der Waals surface area contributed by atoms with Gasteiger partial charge in [-0.2, -0.15) is 5.10 Å². The summed E-state index contributed by atoms with van der Waals surface area (Å²) in [6, 6.07) is 0.376. The average molecular weight is 239 g/mol. The maximum atomic E-state index is 5.52. The molecular formula is C13H25N3O. The van der Waals surface area contributed by atoms with Gasteiger partial charge in [-0.05, 0) is 39.3 Å². The van der Waals surface area contributed by atoms with Crippen molar-refractivity contribution in [1.82, 2.24) is 15.1 Å². The van der Waals surface area contributed by atoms with Crippen molar-refractivity contribution in [3.63, 3.8) is 0 Å². The first kappa shape index (κ1) is 14.2. The van der Waals surface area contributed by atoms with Crippen molar-refractivity contribution >= 4 is 0 Å². The van der Waals surface area contributed by atoms with Crippen molar-refractivity contribution in [3.05, 3.63) is 17.0 Å². The molecule has 0 spiro atoms. The maximum absolute atomic E-state index is 5.52. The zero-order chi connectivity index (χ0) is 12.8. The Hall–Kier alpha value is -0.870. The fourth-order valence-corrected chi connectivity index (χ4v) is 2.10. The van der Waals surface area contributed by atoms with Crippen LogP contribution >= 0.6 is 0 Å². The van der Waals surface area contributed by atoms with Crippen molar-refractivity contribution in [1.29, 1.82) is 0 Å². The zero-order valence-corrected chi connectivity index (χ0v) is 11.7. The number of rotatable bonds is 7. The largest absolute Gasteiger partial charge is 0.380 e. The molecule has 1 aromatic rings. The molecule has 0 aliphatic heterocycles. The summed E-state index contributed by atoms with van der Waals surface area (Å²) in [5.74, 6) is 0. The van der Waals surface area contributed by atoms with Crippen molar-refractivity contribution in [2.45, 2.75) is 40.2 Å². The van der Waals surface area contributed by atoms with Gasteiger partial charge in [-0.3, -0.25) is 4.68 Å². The normalized spacial score (nSPS) is 13.0. The summed E-state index contributed by atoms with van der Waals surface area (Å²) in [5.41, 5.74) is 3.73. The zero-order valence-electron chi connectivity index (χ0n) is 11.7. The summed E-state index contributed by atoms with van der Waals surface area (Å²) < 4.78 is 7.47. The number of aryl methyl sites for hydroxylation is 2. The van der Waals surface area contributed by atoms with Crippen LogP contribution in [0.3, 0.4) is 0 Å². The molecule has 17 heavy (non-hydrogen) atoms. The highest BCUT2D eigenvalue weighted by molar-refractivity contribution is 5.25. The average Bonchev–Trinajstić information content (AvgIpc) is 2.53. The van der Waals surface area contributed by atoms with Crippen LogP contribution in [0.4, 0.5) is 0 Å². The van der Waals surface area contributed by atoms with E-state index in [0.29, 0.717) is 6.04 Å². The Morgan fingerprint density at radius 1 is 1.35 bits per heavy atom. The van der Waals surface area contributed by atoms with Crippen LogP contribution in [0.1, 0.15) is 30.8 Å². The molecule has 0 amide bonds. The highest BCUT2D eigenvalue weighted by Gasteiger charge is 2.15. The Kier molecular flexibility index (Phi) is 5.65. The second kappa shape index (κ2) is 6.77. The monoisotopic (exact) mass is 239 g/mol. The number of likely N-dealkylation sites (N-methyl/N-ethyl adjacent to an activating group) is 1. The van der Waals surface area contributed by atoms with Crippen LogP contribution in [0.15, 0.2) is 0 Å². The van der Waals surface area contributed by atoms with Gasteiger partial charge in [-0.1, -0.05) is 6.92 Å². The molecule has 1 aromatic heterocycles. The minimum Gasteiger partial charge on any atom is -0.380 e. The number of ether oxygens (including phenoxy) is 1. The summed E-state index contributed by atoms with van der Waals surface area (Å²) >= 11 is 0. The molecular weight excluding hydrogens is 214 g/mol. The first-order valence-electron chi connectivity index (χ1n) is 6.40. The van der Waals surface area contributed by atoms with E-state index in [-0.39, 0.29) is 0 Å². The summed E-state index contributed by atoms with van der Waals surface area (Å²) in [6.45, 7) is 10.9. The van der Waals surface area contributed by atoms with Gasteiger partial charge < -0.3 is 10.1 Å². The number of hydrogen-bond donors (Lipinski definition) is 1. The topological polar surface area (TPSA) is 39.1 Å². The van der Waals surface area contributed by atoms with E-state index in [9.17, 15) is 0 Å². The molecule has 0 saturated heterocycles. The standard InChI is InChI=1S/C13H25N3O/c1-6-14-12(9-17-7-2)8-13-10(3)15-16(5)11(13)4/h12,14H,6-9H2,1-5H3. The molecule has 0 aliphatic carbocycles. The number of hydrogen-bond acceptors (Lipinski definition) is 3. The molecule has 0 fully saturated rings. The lowest BCUT2D eigenvalue weighted by molar-refractivity contribution is 0.123. The van der Waals surface area contributed by atoms with Crippen LogP contribution in [0, 0.1) is 13.8 Å². The predicted molar refractivity (Wildman–Crippen MR) is 70.3 cm³/mol. The van der Waals surface area contributed by atoms with Gasteiger partial charge in [0.1, 0.15) is 0 Å². The summed E-state index contributed by atoms with van der Waals surface area (Å²) in [7, 11) is 2.00. The van der Waals surface area contributed by atoms with Crippen molar-refractivity contribution < 1.29 is 4.74 Å². The van der Waals surface area contributed by atoms with Gasteiger partial charge in [-0.15, -0.1) is 0 Å². The van der Waals surface area contributed by atoms with Crippen LogP contribution in [0.2, 0.25) is 0 Å². The van der Waals surface area contributed by atoms with Gasteiger partial charge in [0.15, 0.2) is 0 Å². The third kappa shape index (κ3) is 3.82. The summed E-state index contributed by atoms with van der Waals surface area (Å²) in [5, 5.41) is 7.92. The van der Waals surface area contributed by atoms with Crippen LogP contribution < -0.4 is 5.32 Å². The first-order valence-corrected chi connectivity index (χ1v) is 6.40. The third-order valence-electron chi connectivity index (χ3n) is 3.13. The van der Waals surface area contributed by atoms with E-state index < -0.39 is 0 Å². The van der Waals surface area contributed by atoms with Crippen LogP contribution in [0.5, 0.6) is 0 Å². The van der Waals surface area contributed by atoms with E-state index in [2.05, 4.69) is 31.2 Å². The Labute approximate surface area is 104 Å². The molecule has 4 heteroatoms. The van der Waals surface area contributed by atoms with E-state index in [1.54, 1.807) is 0 Å². The van der Waals surface area contributed by atoms with Crippen LogP contribution in [-0.4, -0.2) is 35.6 Å². The molecule has 1 rings (SSSR count). The molecule has 98 valence electrons. The van der Waals surface area contributed by atoms with Crippen molar-refractivity contribution in [2.75, 3.05) is 19.8 Å². The summed E-state index contributed by atoms with van der Waals surface area (Å²) in [6.07, 6.45) is 0.985. The van der Waals surface area contributed by atoms with E-state index in [1.165, 1.54) is 11.3 Å². The van der Waals surface area contributed by atoms with Crippen molar-refractivity contribution in [2.24, 2.45) is 7.05 Å². The molecule has 4 nitrogen and oxygen atoms in total. The lowest BCUT2D eigenvalue weighted by Gasteiger charge is -2.17. The third-order valence-corrected chi connectivity index (χ3v) is 3.13. The number of nitrogens with one attached hydrogen (secondary N) is 1. The Morgan fingerprint density at radius 2 is 2.06 bits per heavy atom. The molecule has 0 aliphatic rings. The molecule has 0 saturated carbocycles. The second-order valence-corrected chi connectivity index (χ2v) is 4.39. The second-order valence-electron chi connectivity index (χ2n) is 4.39. The fourth-order valence-electron chi connectivity index (χ4n) is 2.10. The molecule has 1 unspecified atom stereocenters. The summed E-state index contributed by atoms with van der Waals surface area (Å²) in [4.78, 5) is 0. The lowest BCUT2D eigenvalue weighted by atomic mass is 10.0. The van der Waals surface area contributed by atoms with E-state index >= 15 is 0 Å². The van der Waals surface area contributed by atoms with Gasteiger partial charge >= 0.3 is 0 Å². The Morgan fingerprint density at radius 3 is 2.53 bits per heavy atom. The quantitative estimate of drug-likeness (QED) is 0.785. The molecule has 1 heterocycles. The SMILES string of the molecule is CCNC(COCC)Cc1c(C)nn(C)c1C. The number of nitrogens with zero attached hydrogens (tertiary/aromatic N) is 2. The van der Waals surface area contributed by atoms with Gasteiger partial charge in [0.05, 0.1) is 12.3 Å². The Bertz CT molecular complexity index is 347. The molecule has 0 bridgehead atoms. The minimum atomic E-state index is 0.376. The number of aromatic nitrogens is 2. The predicted octanol–water partition coefficient (Wildman–Crippen LogP) is 1.59. The smallest absolute Gasteiger partial charge is 0.0628 e. The molecule has 1 atom stereocenters. The highest BCUT2D eigenvalue weighted by Crippen LogP contribution is 2.14. The van der Waals surface area contributed by atoms with E-state index in [0.717, 1.165) is 31.9 Å². The van der Waals surface area contributed by atoms with Gasteiger partial charge in [0.2, 0.25) is 0 Å². The first-order chi connectivity index (χ1) is 8.10. The molecule has 1 N–H and O–H groups in total. The van der Waals surface area contributed by atoms with Gasteiger partial charge in [0, 0.05) is 25.4 Å². The fraction of sp³-hybridized carbons (Fsp3) is 0.769. The van der Waals surface area contributed by atoms with Crippen LogP contribution in [-0.2, 0) is 18.2 Å². The Balaban J connectivity index is 2.70. The van der Waals surface area contributed by atoms with E-state index in [4.69, 9.17) is 4.74 Å². The van der Waals surface area contributed by atoms with Gasteiger partial charge in [0.25, 0.3) is 0 Å². The van der Waals surface area contributed by atoms with Crippen molar-refractivity contribution in [3.8, 4) is 0 Å². The van der Waals surface area contributed by atoms with E-state index in [1.807, 2.05) is 18.7 Å². The molecule has 0 aromatic carbocycles. The highest BCUT2D eigenvalue weighted by atomic mass is 16.5. The lowest BCUT2D eigenvalue weighted by Crippen LogP contribution is -2.35. The maximum Gasteiger partial charge on any atom is 0.0628 e. The van der Waals surface area contributed by atoms with Crippen LogP contribution in [0.25, 0.3) is 0 Å².